The molecule has 0 atom stereocenters. The van der Waals surface area contributed by atoms with Gasteiger partial charge >= 0.3 is 11.9 Å². The highest BCUT2D eigenvalue weighted by Gasteiger charge is 2.24. The molecule has 0 aliphatic carbocycles. The van der Waals surface area contributed by atoms with E-state index in [1.807, 2.05) is 0 Å². The molecule has 0 fully saturated rings. The zero-order valence-electron chi connectivity index (χ0n) is 16.5. The number of methoxy groups -OCH3 is 1. The molecule has 0 spiro atoms. The molecular weight excluding hydrogens is 364 g/mol. The Bertz CT molecular complexity index is 885. The van der Waals surface area contributed by atoms with Gasteiger partial charge in [0.25, 0.3) is 5.91 Å². The van der Waals surface area contributed by atoms with Crippen molar-refractivity contribution in [3.05, 3.63) is 46.8 Å². The molecule has 1 aromatic heterocycles. The second kappa shape index (κ2) is 9.07. The minimum Gasteiger partial charge on any atom is -0.497 e. The van der Waals surface area contributed by atoms with E-state index in [2.05, 4.69) is 10.3 Å². The van der Waals surface area contributed by atoms with Gasteiger partial charge in [-0.3, -0.25) is 4.79 Å². The lowest BCUT2D eigenvalue weighted by atomic mass is 10.1. The van der Waals surface area contributed by atoms with Crippen molar-refractivity contribution in [2.45, 2.75) is 33.8 Å². The Labute approximate surface area is 163 Å². The summed E-state index contributed by atoms with van der Waals surface area (Å²) in [5, 5.41) is 2.61. The molecule has 150 valence electrons. The highest BCUT2D eigenvalue weighted by Crippen LogP contribution is 2.20. The normalized spacial score (nSPS) is 10.5. The summed E-state index contributed by atoms with van der Waals surface area (Å²) < 4.78 is 15.3. The van der Waals surface area contributed by atoms with Gasteiger partial charge < -0.3 is 24.5 Å². The summed E-state index contributed by atoms with van der Waals surface area (Å²) in [5.41, 5.74) is 1.84. The highest BCUT2D eigenvalue weighted by molar-refractivity contribution is 5.99. The van der Waals surface area contributed by atoms with Crippen LogP contribution in [0.15, 0.2) is 24.3 Å². The predicted molar refractivity (Wildman–Crippen MR) is 103 cm³/mol. The smallest absolute Gasteiger partial charge is 0.355 e. The fourth-order valence-corrected chi connectivity index (χ4v) is 2.63. The van der Waals surface area contributed by atoms with Gasteiger partial charge in [-0.2, -0.15) is 0 Å². The number of benzene rings is 1. The summed E-state index contributed by atoms with van der Waals surface area (Å²) in [7, 11) is 1.52. The zero-order valence-corrected chi connectivity index (χ0v) is 16.5. The molecule has 2 rings (SSSR count). The summed E-state index contributed by atoms with van der Waals surface area (Å²) in [6.07, 6.45) is -0.281. The van der Waals surface area contributed by atoms with Crippen molar-refractivity contribution in [1.29, 1.82) is 0 Å². The van der Waals surface area contributed by atoms with Crippen molar-refractivity contribution in [2.75, 3.05) is 19.0 Å². The van der Waals surface area contributed by atoms with Gasteiger partial charge in [-0.1, -0.05) is 6.07 Å². The first-order valence-corrected chi connectivity index (χ1v) is 8.74. The summed E-state index contributed by atoms with van der Waals surface area (Å²) >= 11 is 0. The second-order valence-corrected chi connectivity index (χ2v) is 6.44. The van der Waals surface area contributed by atoms with E-state index in [0.29, 0.717) is 28.3 Å². The number of H-pyrrole nitrogens is 1. The third kappa shape index (κ3) is 5.12. The van der Waals surface area contributed by atoms with Crippen LogP contribution in [0.5, 0.6) is 5.75 Å². The number of hydrogen-bond acceptors (Lipinski definition) is 6. The number of nitrogens with one attached hydrogen (secondary N) is 2. The number of anilines is 1. The van der Waals surface area contributed by atoms with Crippen LogP contribution in [0.4, 0.5) is 5.69 Å². The minimum absolute atomic E-state index is 0.113. The van der Waals surface area contributed by atoms with Crippen LogP contribution in [-0.2, 0) is 14.3 Å². The number of ether oxygens (including phenoxy) is 3. The molecule has 0 saturated heterocycles. The molecule has 1 aromatic carbocycles. The van der Waals surface area contributed by atoms with E-state index in [1.54, 1.807) is 52.0 Å². The maximum atomic E-state index is 12.3. The lowest BCUT2D eigenvalue weighted by molar-refractivity contribution is -0.119. The van der Waals surface area contributed by atoms with Crippen molar-refractivity contribution in [1.82, 2.24) is 4.98 Å². The number of amides is 1. The summed E-state index contributed by atoms with van der Waals surface area (Å²) in [6.45, 7) is 6.29. The number of esters is 2. The lowest BCUT2D eigenvalue weighted by Crippen LogP contribution is -2.21. The summed E-state index contributed by atoms with van der Waals surface area (Å²) in [4.78, 5) is 39.4. The Morgan fingerprint density at radius 1 is 1.14 bits per heavy atom. The average molecular weight is 388 g/mol. The van der Waals surface area contributed by atoms with Crippen molar-refractivity contribution in [2.24, 2.45) is 0 Å². The topological polar surface area (TPSA) is 107 Å². The molecule has 2 aromatic rings. The Hall–Kier alpha value is -3.29. The van der Waals surface area contributed by atoms with E-state index in [0.717, 1.165) is 0 Å². The molecule has 2 N–H and O–H groups in total. The second-order valence-electron chi connectivity index (χ2n) is 6.44. The quantitative estimate of drug-likeness (QED) is 0.706. The third-order valence-electron chi connectivity index (χ3n) is 3.88. The molecule has 0 aliphatic rings. The monoisotopic (exact) mass is 388 g/mol. The number of hydrogen-bond donors (Lipinski definition) is 2. The first-order valence-electron chi connectivity index (χ1n) is 8.74. The molecule has 0 radical (unpaired) electrons. The standard InChI is InChI=1S/C20H24N2O6/c1-11(2)28-19(24)17-12(3)18(21-13(17)4)20(25)27-10-16(23)22-14-7-6-8-15(9-14)26-5/h6-9,11,21H,10H2,1-5H3,(H,22,23). The van der Waals surface area contributed by atoms with Gasteiger partial charge in [0.2, 0.25) is 0 Å². The number of aryl methyl sites for hydroxylation is 1. The molecule has 8 heteroatoms. The number of carbonyl (C=O) groups excluding carboxylic acids is 3. The average Bonchev–Trinajstić information content (AvgIpc) is 2.93. The molecule has 0 saturated carbocycles. The minimum atomic E-state index is -0.731. The molecule has 1 amide bonds. The maximum absolute atomic E-state index is 12.3. The molecule has 1 heterocycles. The number of aromatic amines is 1. The summed E-state index contributed by atoms with van der Waals surface area (Å²) in [6, 6.07) is 6.80. The van der Waals surface area contributed by atoms with Gasteiger partial charge in [-0.15, -0.1) is 0 Å². The highest BCUT2D eigenvalue weighted by atomic mass is 16.5. The molecule has 0 bridgehead atoms. The molecule has 28 heavy (non-hydrogen) atoms. The van der Waals surface area contributed by atoms with Gasteiger partial charge in [0.05, 0.1) is 18.8 Å². The molecule has 0 aliphatic heterocycles. The first kappa shape index (κ1) is 21.0. The lowest BCUT2D eigenvalue weighted by Gasteiger charge is -2.09. The van der Waals surface area contributed by atoms with E-state index >= 15 is 0 Å². The van der Waals surface area contributed by atoms with Crippen LogP contribution in [0, 0.1) is 13.8 Å². The molecule has 8 nitrogen and oxygen atoms in total. The Balaban J connectivity index is 2.01. The van der Waals surface area contributed by atoms with E-state index in [9.17, 15) is 14.4 Å². The van der Waals surface area contributed by atoms with Crippen LogP contribution in [0.25, 0.3) is 0 Å². The first-order chi connectivity index (χ1) is 13.2. The van der Waals surface area contributed by atoms with E-state index < -0.39 is 24.5 Å². The fourth-order valence-electron chi connectivity index (χ4n) is 2.63. The van der Waals surface area contributed by atoms with E-state index in [-0.39, 0.29) is 11.8 Å². The van der Waals surface area contributed by atoms with Crippen molar-refractivity contribution in [3.63, 3.8) is 0 Å². The fraction of sp³-hybridized carbons (Fsp3) is 0.350. The Kier molecular flexibility index (Phi) is 6.81. The van der Waals surface area contributed by atoms with Gasteiger partial charge in [0.15, 0.2) is 6.61 Å². The van der Waals surface area contributed by atoms with Crippen molar-refractivity contribution >= 4 is 23.5 Å². The largest absolute Gasteiger partial charge is 0.497 e. The molecular formula is C20H24N2O6. The number of carbonyl (C=O) groups is 3. The van der Waals surface area contributed by atoms with Crippen LogP contribution in [0.2, 0.25) is 0 Å². The SMILES string of the molecule is COc1cccc(NC(=O)COC(=O)c2[nH]c(C)c(C(=O)OC(C)C)c2C)c1. The number of rotatable bonds is 7. The van der Waals surface area contributed by atoms with Gasteiger partial charge in [0, 0.05) is 17.4 Å². The van der Waals surface area contributed by atoms with Gasteiger partial charge in [-0.05, 0) is 45.4 Å². The predicted octanol–water partition coefficient (Wildman–Crippen LogP) is 3.00. The van der Waals surface area contributed by atoms with Crippen LogP contribution in [0.3, 0.4) is 0 Å². The van der Waals surface area contributed by atoms with Crippen LogP contribution in [-0.4, -0.2) is 42.7 Å². The molecule has 0 unspecified atom stereocenters. The van der Waals surface area contributed by atoms with Gasteiger partial charge in [0.1, 0.15) is 11.4 Å². The van der Waals surface area contributed by atoms with Crippen LogP contribution >= 0.6 is 0 Å². The Morgan fingerprint density at radius 3 is 2.50 bits per heavy atom. The van der Waals surface area contributed by atoms with Crippen molar-refractivity contribution < 1.29 is 28.6 Å². The maximum Gasteiger partial charge on any atom is 0.355 e. The third-order valence-corrected chi connectivity index (χ3v) is 3.88. The van der Waals surface area contributed by atoms with Crippen molar-refractivity contribution in [3.8, 4) is 5.75 Å². The summed E-state index contributed by atoms with van der Waals surface area (Å²) in [5.74, 6) is -1.16. The Morgan fingerprint density at radius 2 is 1.86 bits per heavy atom. The van der Waals surface area contributed by atoms with Crippen LogP contribution in [0.1, 0.15) is 46.0 Å². The zero-order chi connectivity index (χ0) is 20.8. The van der Waals surface area contributed by atoms with Gasteiger partial charge in [-0.25, -0.2) is 9.59 Å². The van der Waals surface area contributed by atoms with Crippen LogP contribution < -0.4 is 10.1 Å². The van der Waals surface area contributed by atoms with E-state index in [4.69, 9.17) is 14.2 Å². The number of aromatic nitrogens is 1. The van der Waals surface area contributed by atoms with E-state index in [1.165, 1.54) is 7.11 Å².